The molecule has 0 aliphatic heterocycles. The van der Waals surface area contributed by atoms with Crippen molar-refractivity contribution in [2.75, 3.05) is 14.2 Å². The maximum Gasteiger partial charge on any atom is 0.194 e. The van der Waals surface area contributed by atoms with Crippen LogP contribution < -0.4 is 4.74 Å². The molecule has 0 saturated heterocycles. The van der Waals surface area contributed by atoms with Crippen LogP contribution in [0.25, 0.3) is 11.3 Å². The molecule has 3 aromatic rings. The van der Waals surface area contributed by atoms with E-state index < -0.39 is 0 Å². The van der Waals surface area contributed by atoms with Crippen molar-refractivity contribution in [3.05, 3.63) is 71.8 Å². The quantitative estimate of drug-likeness (QED) is 0.402. The zero-order chi connectivity index (χ0) is 18.9. The van der Waals surface area contributed by atoms with E-state index in [2.05, 4.69) is 21.0 Å². The summed E-state index contributed by atoms with van der Waals surface area (Å²) in [7, 11) is 3.20. The number of halogens is 1. The van der Waals surface area contributed by atoms with Gasteiger partial charge in [0.15, 0.2) is 5.88 Å². The summed E-state index contributed by atoms with van der Waals surface area (Å²) in [5.74, 6) is 0.360. The van der Waals surface area contributed by atoms with Crippen LogP contribution in [0.3, 0.4) is 0 Å². The topological polar surface area (TPSA) is 67.6 Å². The Kier molecular flexibility index (Phi) is 9.26. The van der Waals surface area contributed by atoms with Crippen molar-refractivity contribution in [1.29, 1.82) is 0 Å². The van der Waals surface area contributed by atoms with Crippen LogP contribution in [0.1, 0.15) is 11.3 Å². The van der Waals surface area contributed by atoms with Crippen molar-refractivity contribution >= 4 is 6.21 Å². The number of phenols is 1. The molecule has 0 bridgehead atoms. The minimum absolute atomic E-state index is 0. The summed E-state index contributed by atoms with van der Waals surface area (Å²) in [6.07, 6.45) is 3.25. The molecule has 0 spiro atoms. The second-order valence-electron chi connectivity index (χ2n) is 5.24. The Morgan fingerprint density at radius 1 is 1.22 bits per heavy atom. The molecule has 0 fully saturated rings. The molecular weight excluding hydrogens is 525 g/mol. The van der Waals surface area contributed by atoms with E-state index >= 15 is 0 Å². The number of benzene rings is 2. The van der Waals surface area contributed by atoms with Gasteiger partial charge in [-0.05, 0) is 19.1 Å². The first-order chi connectivity index (χ1) is 12.5. The number of hydrogen-bond donors (Lipinski definition) is 1. The van der Waals surface area contributed by atoms with Gasteiger partial charge in [-0.25, -0.2) is 4.98 Å². The molecule has 0 saturated carbocycles. The van der Waals surface area contributed by atoms with Gasteiger partial charge in [-0.3, -0.25) is 14.4 Å². The zero-order valence-electron chi connectivity index (χ0n) is 15.1. The number of rotatable bonds is 3. The van der Waals surface area contributed by atoms with Crippen LogP contribution >= 0.6 is 0 Å². The Bertz CT molecular complexity index is 887. The van der Waals surface area contributed by atoms with Crippen LogP contribution in [0.5, 0.6) is 11.6 Å². The van der Waals surface area contributed by atoms with Gasteiger partial charge in [0.05, 0.1) is 12.8 Å². The number of methoxy groups -OCH3 is 1. The average Bonchev–Trinajstić information content (AvgIpc) is 2.65. The van der Waals surface area contributed by atoms with E-state index in [1.807, 2.05) is 19.1 Å². The van der Waals surface area contributed by atoms with Gasteiger partial charge in [-0.2, -0.15) is 0 Å². The molecule has 1 N–H and O–H groups in total. The molecule has 1 aromatic heterocycles. The standard InChI is InChI=1S/C12H10FN2O.C8H9NO.Ir/c1-8-7-14-11(12(15-8)16-2)9-3-5-10(13)6-4-9;1-9-6-7-4-2-3-5-8(7)10;/h3,5-7H,1-2H3;2-6,10H,1H3;/q-1;;. The summed E-state index contributed by atoms with van der Waals surface area (Å²) in [5.41, 5.74) is 2.74. The summed E-state index contributed by atoms with van der Waals surface area (Å²) in [6.45, 7) is 1.83. The largest absolute Gasteiger partial charge is 0.507 e. The first-order valence-corrected chi connectivity index (χ1v) is 7.80. The number of aromatic nitrogens is 2. The predicted molar refractivity (Wildman–Crippen MR) is 99.2 cm³/mol. The fourth-order valence-corrected chi connectivity index (χ4v) is 2.07. The monoisotopic (exact) mass is 545 g/mol. The summed E-state index contributed by atoms with van der Waals surface area (Å²) in [5, 5.41) is 9.15. The molecule has 1 radical (unpaired) electrons. The third-order valence-corrected chi connectivity index (χ3v) is 3.29. The molecular formula is C20H19FIrN3O2-. The molecule has 3 rings (SSSR count). The first kappa shape index (κ1) is 22.4. The van der Waals surface area contributed by atoms with Gasteiger partial charge in [-0.1, -0.05) is 12.1 Å². The van der Waals surface area contributed by atoms with E-state index in [9.17, 15) is 4.39 Å². The second-order valence-corrected chi connectivity index (χ2v) is 5.24. The maximum atomic E-state index is 12.8. The van der Waals surface area contributed by atoms with Gasteiger partial charge in [-0.15, -0.1) is 29.8 Å². The van der Waals surface area contributed by atoms with Gasteiger partial charge in [0.2, 0.25) is 0 Å². The molecule has 2 aromatic carbocycles. The Morgan fingerprint density at radius 2 is 1.96 bits per heavy atom. The van der Waals surface area contributed by atoms with Gasteiger partial charge in [0.25, 0.3) is 0 Å². The fourth-order valence-electron chi connectivity index (χ4n) is 2.07. The molecule has 1 heterocycles. The third-order valence-electron chi connectivity index (χ3n) is 3.29. The average molecular weight is 545 g/mol. The molecule has 0 aliphatic rings. The minimum Gasteiger partial charge on any atom is -0.507 e. The third kappa shape index (κ3) is 6.55. The number of para-hydroxylation sites is 1. The maximum absolute atomic E-state index is 12.8. The molecule has 0 aliphatic carbocycles. The Balaban J connectivity index is 0.000000288. The number of hydrogen-bond acceptors (Lipinski definition) is 5. The normalized spacial score (nSPS) is 9.93. The fraction of sp³-hybridized carbons (Fsp3) is 0.150. The molecule has 7 heteroatoms. The number of ether oxygens (including phenoxy) is 1. The van der Waals surface area contributed by atoms with Crippen molar-refractivity contribution in [2.24, 2.45) is 4.99 Å². The molecule has 0 unspecified atom stereocenters. The van der Waals surface area contributed by atoms with Crippen molar-refractivity contribution in [1.82, 2.24) is 9.97 Å². The van der Waals surface area contributed by atoms with Crippen LogP contribution in [-0.2, 0) is 20.1 Å². The van der Waals surface area contributed by atoms with Crippen molar-refractivity contribution in [2.45, 2.75) is 6.92 Å². The molecule has 0 atom stereocenters. The number of aryl methyl sites for hydroxylation is 1. The summed E-state index contributed by atoms with van der Waals surface area (Å²) in [6, 6.07) is 14.1. The first-order valence-electron chi connectivity index (χ1n) is 7.80. The molecule has 143 valence electrons. The van der Waals surface area contributed by atoms with Crippen LogP contribution in [0.4, 0.5) is 4.39 Å². The van der Waals surface area contributed by atoms with Gasteiger partial charge < -0.3 is 9.84 Å². The smallest absolute Gasteiger partial charge is 0.194 e. The van der Waals surface area contributed by atoms with E-state index in [4.69, 9.17) is 9.84 Å². The van der Waals surface area contributed by atoms with Gasteiger partial charge in [0.1, 0.15) is 5.75 Å². The SMILES string of the molecule is CN=Cc1ccccc1O.COc1nc(C)cnc1-c1[c-]cc(F)cc1.[Ir]. The van der Waals surface area contributed by atoms with Crippen LogP contribution in [0, 0.1) is 18.8 Å². The zero-order valence-corrected chi connectivity index (χ0v) is 17.5. The summed E-state index contributed by atoms with van der Waals surface area (Å²) >= 11 is 0. The van der Waals surface area contributed by atoms with Gasteiger partial charge in [0, 0.05) is 56.6 Å². The predicted octanol–water partition coefficient (Wildman–Crippen LogP) is 3.84. The number of phenolic OH excluding ortho intramolecular Hbond substituents is 1. The van der Waals surface area contributed by atoms with Crippen molar-refractivity contribution in [3.63, 3.8) is 0 Å². The summed E-state index contributed by atoms with van der Waals surface area (Å²) < 4.78 is 17.9. The Hall–Kier alpha value is -2.63. The van der Waals surface area contributed by atoms with Gasteiger partial charge >= 0.3 is 0 Å². The number of nitrogens with zero attached hydrogens (tertiary/aromatic N) is 3. The summed E-state index contributed by atoms with van der Waals surface area (Å²) in [4.78, 5) is 12.2. The van der Waals surface area contributed by atoms with Crippen LogP contribution in [0.15, 0.2) is 53.7 Å². The molecule has 5 nitrogen and oxygen atoms in total. The van der Waals surface area contributed by atoms with Crippen LogP contribution in [0.2, 0.25) is 0 Å². The second kappa shape index (κ2) is 11.2. The van der Waals surface area contributed by atoms with E-state index in [0.29, 0.717) is 17.1 Å². The van der Waals surface area contributed by atoms with E-state index in [-0.39, 0.29) is 31.7 Å². The Morgan fingerprint density at radius 3 is 2.56 bits per heavy atom. The minimum atomic E-state index is -0.331. The Labute approximate surface area is 171 Å². The number of aromatic hydroxyl groups is 1. The van der Waals surface area contributed by atoms with Crippen LogP contribution in [-0.4, -0.2) is 35.4 Å². The van der Waals surface area contributed by atoms with E-state index in [0.717, 1.165) is 11.3 Å². The number of aliphatic imine (C=N–C) groups is 1. The molecule has 27 heavy (non-hydrogen) atoms. The van der Waals surface area contributed by atoms with E-state index in [1.165, 1.54) is 19.2 Å². The molecule has 0 amide bonds. The van der Waals surface area contributed by atoms with Crippen molar-refractivity contribution < 1.29 is 34.3 Å². The van der Waals surface area contributed by atoms with Crippen molar-refractivity contribution in [3.8, 4) is 22.9 Å². The van der Waals surface area contributed by atoms with E-state index in [1.54, 1.807) is 37.7 Å².